The van der Waals surface area contributed by atoms with Crippen LogP contribution in [0.25, 0.3) is 0 Å². The first-order valence-electron chi connectivity index (χ1n) is 8.26. The zero-order valence-corrected chi connectivity index (χ0v) is 16.6. The van der Waals surface area contributed by atoms with Crippen molar-refractivity contribution in [3.05, 3.63) is 0 Å². The van der Waals surface area contributed by atoms with Gasteiger partial charge in [0, 0.05) is 42.0 Å². The van der Waals surface area contributed by atoms with Gasteiger partial charge in [-0.2, -0.15) is 4.89 Å². The van der Waals surface area contributed by atoms with Crippen LogP contribution in [0.15, 0.2) is 0 Å². The number of carbonyl (C=O) groups is 3. The van der Waals surface area contributed by atoms with Gasteiger partial charge in [-0.3, -0.25) is 14.6 Å². The van der Waals surface area contributed by atoms with Crippen LogP contribution in [0.1, 0.15) is 6.42 Å². The molecule has 4 unspecified atom stereocenters. The number of ether oxygens (including phenoxy) is 5. The highest BCUT2D eigenvalue weighted by Crippen LogP contribution is 2.31. The monoisotopic (exact) mass is 409 g/mol. The maximum absolute atomic E-state index is 13.1. The van der Waals surface area contributed by atoms with Crippen LogP contribution in [0.4, 0.5) is 0 Å². The van der Waals surface area contributed by atoms with Gasteiger partial charge in [0.1, 0.15) is 18.3 Å². The summed E-state index contributed by atoms with van der Waals surface area (Å²) in [4.78, 5) is 46.5. The van der Waals surface area contributed by atoms with E-state index in [0.717, 1.165) is 12.0 Å². The summed E-state index contributed by atoms with van der Waals surface area (Å²) >= 11 is 0. The van der Waals surface area contributed by atoms with Crippen LogP contribution >= 0.6 is 0 Å². The number of aliphatic carboxylic acids is 1. The maximum Gasteiger partial charge on any atom is 0.370 e. The number of likely N-dealkylation sites (tertiary alicyclic amines) is 1. The van der Waals surface area contributed by atoms with E-state index in [4.69, 9.17) is 23.7 Å². The summed E-state index contributed by atoms with van der Waals surface area (Å²) < 4.78 is 26.1. The molecule has 1 fully saturated rings. The Kier molecular flexibility index (Phi) is 9.72. The third-order valence-electron chi connectivity index (χ3n) is 4.48. The highest BCUT2D eigenvalue weighted by atomic mass is 17.2. The van der Waals surface area contributed by atoms with Gasteiger partial charge in [-0.15, -0.1) is 0 Å². The molecule has 0 spiro atoms. The molecule has 12 nitrogen and oxygen atoms in total. The number of carbonyl (C=O) groups excluding carboxylic acids is 2. The van der Waals surface area contributed by atoms with Crippen molar-refractivity contribution in [2.75, 3.05) is 42.7 Å². The normalized spacial score (nSPS) is 26.7. The summed E-state index contributed by atoms with van der Waals surface area (Å²) in [5.74, 6) is -2.92. The number of nitrogens with zero attached hydrogens (tertiary/aromatic N) is 1. The summed E-state index contributed by atoms with van der Waals surface area (Å²) in [6.07, 6.45) is -5.55. The third kappa shape index (κ3) is 4.96. The van der Waals surface area contributed by atoms with Crippen molar-refractivity contribution >= 4 is 17.8 Å². The second kappa shape index (κ2) is 11.2. The fraction of sp³-hybridized carbons (Fsp3) is 0.812. The van der Waals surface area contributed by atoms with E-state index in [-0.39, 0.29) is 6.42 Å². The predicted octanol–water partition coefficient (Wildman–Crippen LogP) is -1.19. The van der Waals surface area contributed by atoms with Crippen molar-refractivity contribution in [2.24, 2.45) is 0 Å². The second-order valence-electron chi connectivity index (χ2n) is 5.81. The number of rotatable bonds is 11. The largest absolute Gasteiger partial charge is 0.480 e. The molecule has 162 valence electrons. The molecule has 6 atom stereocenters. The highest BCUT2D eigenvalue weighted by molar-refractivity contribution is 5.88. The fourth-order valence-corrected chi connectivity index (χ4v) is 3.18. The van der Waals surface area contributed by atoms with Crippen molar-refractivity contribution in [1.29, 1.82) is 0 Å². The number of carboxylic acid groups (broad SMARTS) is 1. The van der Waals surface area contributed by atoms with E-state index < -0.39 is 54.5 Å². The lowest BCUT2D eigenvalue weighted by molar-refractivity contribution is -0.263. The van der Waals surface area contributed by atoms with E-state index in [0.29, 0.717) is 0 Å². The lowest BCUT2D eigenvalue weighted by atomic mass is 10.1. The number of hydrogen-bond donors (Lipinski definition) is 1. The van der Waals surface area contributed by atoms with Crippen LogP contribution in [0, 0.1) is 0 Å². The highest BCUT2D eigenvalue weighted by Gasteiger charge is 2.56. The van der Waals surface area contributed by atoms with Gasteiger partial charge in [0.25, 0.3) is 5.91 Å². The van der Waals surface area contributed by atoms with E-state index in [1.54, 1.807) is 0 Å². The molecule has 1 amide bonds. The number of amides is 1. The van der Waals surface area contributed by atoms with E-state index >= 15 is 0 Å². The Hall–Kier alpha value is -1.83. The SMILES string of the molecule is COOC(=O)C(C[C@@H](OC)C(=O)N1C(OC)C(OC)C(OC)[C@H]1C(=O)O)OC. The standard InChI is InChI=1S/C16H27NO11/c1-22-8(7-9(23-2)16(21)28-27-6)13(18)17-10(15(19)20)11(24-3)12(25-4)14(17)26-5/h8-12,14H,7H2,1-6H3,(H,19,20)/t8-,9?,10+,11?,12?,14?/m1/s1. The molecule has 0 bridgehead atoms. The molecule has 1 rings (SSSR count). The molecule has 0 aromatic heterocycles. The number of methoxy groups -OCH3 is 5. The van der Waals surface area contributed by atoms with E-state index in [1.807, 2.05) is 0 Å². The quantitative estimate of drug-likeness (QED) is 0.325. The van der Waals surface area contributed by atoms with E-state index in [1.165, 1.54) is 35.5 Å². The molecule has 0 aliphatic carbocycles. The first-order valence-corrected chi connectivity index (χ1v) is 8.26. The second-order valence-corrected chi connectivity index (χ2v) is 5.81. The van der Waals surface area contributed by atoms with Gasteiger partial charge >= 0.3 is 11.9 Å². The molecule has 1 aliphatic rings. The minimum Gasteiger partial charge on any atom is -0.480 e. The minimum absolute atomic E-state index is 0.247. The van der Waals surface area contributed by atoms with Crippen molar-refractivity contribution in [2.45, 2.75) is 43.1 Å². The zero-order chi connectivity index (χ0) is 21.4. The zero-order valence-electron chi connectivity index (χ0n) is 16.6. The molecule has 1 saturated heterocycles. The molecule has 1 heterocycles. The van der Waals surface area contributed by atoms with E-state index in [2.05, 4.69) is 9.78 Å². The van der Waals surface area contributed by atoms with Gasteiger partial charge in [0.15, 0.2) is 18.4 Å². The molecule has 28 heavy (non-hydrogen) atoms. The average molecular weight is 409 g/mol. The summed E-state index contributed by atoms with van der Waals surface area (Å²) in [6, 6.07) is -1.39. The van der Waals surface area contributed by atoms with Crippen LogP contribution in [-0.4, -0.2) is 107 Å². The molecular formula is C16H27NO11. The lowest BCUT2D eigenvalue weighted by Gasteiger charge is -2.31. The van der Waals surface area contributed by atoms with Crippen molar-refractivity contribution in [3.8, 4) is 0 Å². The fourth-order valence-electron chi connectivity index (χ4n) is 3.18. The molecule has 1 N–H and O–H groups in total. The first kappa shape index (κ1) is 24.2. The Morgan fingerprint density at radius 3 is 1.86 bits per heavy atom. The Morgan fingerprint density at radius 1 is 0.893 bits per heavy atom. The predicted molar refractivity (Wildman–Crippen MR) is 90.0 cm³/mol. The molecule has 12 heteroatoms. The van der Waals surface area contributed by atoms with E-state index in [9.17, 15) is 19.5 Å². The van der Waals surface area contributed by atoms with Gasteiger partial charge in [-0.1, -0.05) is 0 Å². The molecule has 0 radical (unpaired) electrons. The van der Waals surface area contributed by atoms with Gasteiger partial charge < -0.3 is 28.8 Å². The van der Waals surface area contributed by atoms with Crippen molar-refractivity contribution in [1.82, 2.24) is 4.90 Å². The number of hydrogen-bond acceptors (Lipinski definition) is 10. The molecular weight excluding hydrogens is 382 g/mol. The van der Waals surface area contributed by atoms with Crippen molar-refractivity contribution in [3.63, 3.8) is 0 Å². The first-order chi connectivity index (χ1) is 13.3. The summed E-state index contributed by atoms with van der Waals surface area (Å²) in [6.45, 7) is 0. The van der Waals surface area contributed by atoms with Gasteiger partial charge in [0.2, 0.25) is 0 Å². The topological polar surface area (TPSA) is 139 Å². The summed E-state index contributed by atoms with van der Waals surface area (Å²) in [7, 11) is 7.60. The Bertz CT molecular complexity index is 543. The number of carboxylic acids is 1. The van der Waals surface area contributed by atoms with Gasteiger partial charge in [-0.05, 0) is 0 Å². The molecule has 0 aromatic rings. The Labute approximate surface area is 162 Å². The summed E-state index contributed by atoms with van der Waals surface area (Å²) in [5.41, 5.74) is 0. The van der Waals surface area contributed by atoms with Crippen molar-refractivity contribution < 1.29 is 52.9 Å². The lowest BCUT2D eigenvalue weighted by Crippen LogP contribution is -2.53. The smallest absolute Gasteiger partial charge is 0.370 e. The minimum atomic E-state index is -1.39. The van der Waals surface area contributed by atoms with Crippen LogP contribution in [-0.2, 0) is 47.8 Å². The van der Waals surface area contributed by atoms with Crippen LogP contribution in [0.2, 0.25) is 0 Å². The Balaban J connectivity index is 3.17. The van der Waals surface area contributed by atoms with Crippen LogP contribution in [0.3, 0.4) is 0 Å². The van der Waals surface area contributed by atoms with Gasteiger partial charge in [-0.25, -0.2) is 9.59 Å². The molecule has 0 aromatic carbocycles. The van der Waals surface area contributed by atoms with Gasteiger partial charge in [0.05, 0.1) is 7.11 Å². The summed E-state index contributed by atoms with van der Waals surface area (Å²) in [5, 5.41) is 9.66. The average Bonchev–Trinajstić information content (AvgIpc) is 3.02. The Morgan fingerprint density at radius 2 is 1.46 bits per heavy atom. The van der Waals surface area contributed by atoms with Crippen LogP contribution < -0.4 is 0 Å². The van der Waals surface area contributed by atoms with Crippen LogP contribution in [0.5, 0.6) is 0 Å². The molecule has 1 aliphatic heterocycles. The third-order valence-corrected chi connectivity index (χ3v) is 4.48. The maximum atomic E-state index is 13.1. The molecule has 0 saturated carbocycles.